The molecule has 5 N–H and O–H groups in total. The predicted molar refractivity (Wildman–Crippen MR) is 57.9 cm³/mol. The third-order valence-corrected chi connectivity index (χ3v) is 3.56. The smallest absolute Gasteiger partial charge is 0.267 e. The van der Waals surface area contributed by atoms with E-state index in [1.54, 1.807) is 12.1 Å². The molecule has 1 amide bonds. The Kier molecular flexibility index (Phi) is 3.29. The Morgan fingerprint density at radius 2 is 2.00 bits per heavy atom. The van der Waals surface area contributed by atoms with Crippen LogP contribution in [0, 0.1) is 0 Å². The number of nitrogen functional groups attached to an aromatic ring is 2. The number of carbonyl (C=O) groups excluding carboxylic acids is 1. The molecule has 0 aromatic heterocycles. The first-order valence-corrected chi connectivity index (χ1v) is 4.91. The van der Waals surface area contributed by atoms with Crippen LogP contribution < -0.4 is 17.0 Å². The van der Waals surface area contributed by atoms with E-state index in [1.807, 2.05) is 5.43 Å². The lowest BCUT2D eigenvalue weighted by Crippen LogP contribution is -2.30. The number of nitrogens with one attached hydrogen (secondary N) is 1. The van der Waals surface area contributed by atoms with Gasteiger partial charge in [0.2, 0.25) is 0 Å². The topological polar surface area (TPSA) is 81.1 Å². The number of anilines is 1. The van der Waals surface area contributed by atoms with Gasteiger partial charge in [0.05, 0.1) is 15.7 Å². The van der Waals surface area contributed by atoms with E-state index in [0.717, 1.165) is 4.47 Å². The van der Waals surface area contributed by atoms with Crippen LogP contribution in [0.2, 0.25) is 0 Å². The van der Waals surface area contributed by atoms with Crippen molar-refractivity contribution in [3.8, 4) is 0 Å². The van der Waals surface area contributed by atoms with E-state index in [4.69, 9.17) is 11.6 Å². The second-order valence-electron chi connectivity index (χ2n) is 2.30. The molecule has 1 aromatic rings. The summed E-state index contributed by atoms with van der Waals surface area (Å²) in [5.41, 5.74) is 8.38. The quantitative estimate of drug-likeness (QED) is 0.317. The second-order valence-corrected chi connectivity index (χ2v) is 3.94. The van der Waals surface area contributed by atoms with Crippen molar-refractivity contribution >= 4 is 43.5 Å². The lowest BCUT2D eigenvalue weighted by atomic mass is 10.2. The molecule has 0 fully saturated rings. The Labute approximate surface area is 91.9 Å². The molecule has 4 nitrogen and oxygen atoms in total. The molecule has 0 aliphatic carbocycles. The molecule has 0 aliphatic rings. The molecule has 13 heavy (non-hydrogen) atoms. The zero-order chi connectivity index (χ0) is 10.0. The summed E-state index contributed by atoms with van der Waals surface area (Å²) >= 11 is 6.50. The van der Waals surface area contributed by atoms with Gasteiger partial charge in [0.25, 0.3) is 5.91 Å². The highest BCUT2D eigenvalue weighted by Gasteiger charge is 2.12. The molecule has 1 aromatic carbocycles. The lowest BCUT2D eigenvalue weighted by Gasteiger charge is -2.06. The number of hydrogen-bond donors (Lipinski definition) is 3. The van der Waals surface area contributed by atoms with Crippen LogP contribution in [0.5, 0.6) is 0 Å². The molecule has 70 valence electrons. The fourth-order valence-corrected chi connectivity index (χ4v) is 1.53. The van der Waals surface area contributed by atoms with Crippen molar-refractivity contribution in [2.45, 2.75) is 0 Å². The Morgan fingerprint density at radius 1 is 1.38 bits per heavy atom. The molecule has 0 heterocycles. The molecule has 1 rings (SSSR count). The van der Waals surface area contributed by atoms with Gasteiger partial charge in [-0.15, -0.1) is 0 Å². The maximum atomic E-state index is 11.1. The lowest BCUT2D eigenvalue weighted by molar-refractivity contribution is 0.0954. The van der Waals surface area contributed by atoms with Gasteiger partial charge in [-0.1, -0.05) is 0 Å². The molecule has 0 aliphatic heterocycles. The Morgan fingerprint density at radius 3 is 2.54 bits per heavy atom. The number of amides is 1. The normalized spacial score (nSPS) is 9.77. The molecule has 0 radical (unpaired) electrons. The maximum Gasteiger partial charge on any atom is 0.267 e. The number of nitrogens with two attached hydrogens (primary N) is 2. The van der Waals surface area contributed by atoms with E-state index in [1.165, 1.54) is 0 Å². The largest absolute Gasteiger partial charge is 0.397 e. The van der Waals surface area contributed by atoms with Crippen LogP contribution in [0.15, 0.2) is 21.1 Å². The van der Waals surface area contributed by atoms with Gasteiger partial charge in [-0.2, -0.15) is 0 Å². The average Bonchev–Trinajstić information content (AvgIpc) is 2.13. The molecule has 0 spiro atoms. The summed E-state index contributed by atoms with van der Waals surface area (Å²) in [6.45, 7) is 0. The molecule has 0 saturated carbocycles. The van der Waals surface area contributed by atoms with Crippen molar-refractivity contribution in [3.05, 3.63) is 26.6 Å². The number of carbonyl (C=O) groups is 1. The highest BCUT2D eigenvalue weighted by molar-refractivity contribution is 9.13. The van der Waals surface area contributed by atoms with Gasteiger partial charge in [-0.25, -0.2) is 5.84 Å². The number of hydrogen-bond acceptors (Lipinski definition) is 3. The SMILES string of the molecule is NNC(=O)c1ccc(Br)c(Br)c1N. The summed E-state index contributed by atoms with van der Waals surface area (Å²) in [4.78, 5) is 11.1. The summed E-state index contributed by atoms with van der Waals surface area (Å²) in [5, 5.41) is 0. The number of hydrazine groups is 1. The highest BCUT2D eigenvalue weighted by Crippen LogP contribution is 2.31. The third kappa shape index (κ3) is 2.01. The van der Waals surface area contributed by atoms with Crippen molar-refractivity contribution in [2.24, 2.45) is 5.84 Å². The van der Waals surface area contributed by atoms with Crippen molar-refractivity contribution < 1.29 is 4.79 Å². The second kappa shape index (κ2) is 4.08. The summed E-state index contributed by atoms with van der Waals surface area (Å²) in [5.74, 6) is 4.57. The van der Waals surface area contributed by atoms with Crippen molar-refractivity contribution in [1.29, 1.82) is 0 Å². The fraction of sp³-hybridized carbons (Fsp3) is 0. The van der Waals surface area contributed by atoms with E-state index in [-0.39, 0.29) is 0 Å². The molecular weight excluding hydrogens is 302 g/mol. The summed E-state index contributed by atoms with van der Waals surface area (Å²) in [7, 11) is 0. The first kappa shape index (κ1) is 10.5. The molecule has 0 atom stereocenters. The zero-order valence-corrected chi connectivity index (χ0v) is 9.65. The van der Waals surface area contributed by atoms with E-state index in [0.29, 0.717) is 15.7 Å². The Balaban J connectivity index is 3.26. The molecular formula is C7H7Br2N3O. The van der Waals surface area contributed by atoms with Gasteiger partial charge >= 0.3 is 0 Å². The average molecular weight is 309 g/mol. The van der Waals surface area contributed by atoms with Crippen molar-refractivity contribution in [3.63, 3.8) is 0 Å². The molecule has 0 unspecified atom stereocenters. The van der Waals surface area contributed by atoms with Crippen LogP contribution in [-0.4, -0.2) is 5.91 Å². The van der Waals surface area contributed by atoms with Crippen LogP contribution in [-0.2, 0) is 0 Å². The van der Waals surface area contributed by atoms with E-state index in [9.17, 15) is 4.79 Å². The van der Waals surface area contributed by atoms with Gasteiger partial charge < -0.3 is 5.73 Å². The van der Waals surface area contributed by atoms with Gasteiger partial charge in [-0.3, -0.25) is 10.2 Å². The van der Waals surface area contributed by atoms with Crippen LogP contribution >= 0.6 is 31.9 Å². The van der Waals surface area contributed by atoms with Crippen molar-refractivity contribution in [2.75, 3.05) is 5.73 Å². The number of rotatable bonds is 1. The van der Waals surface area contributed by atoms with Crippen LogP contribution in [0.25, 0.3) is 0 Å². The van der Waals surface area contributed by atoms with E-state index < -0.39 is 5.91 Å². The van der Waals surface area contributed by atoms with Gasteiger partial charge in [0.15, 0.2) is 0 Å². The standard InChI is InChI=1S/C7H7Br2N3O/c8-4-2-1-3(7(13)12-11)6(10)5(4)9/h1-2H,10-11H2,(H,12,13). The van der Waals surface area contributed by atoms with Crippen molar-refractivity contribution in [1.82, 2.24) is 5.43 Å². The van der Waals surface area contributed by atoms with Gasteiger partial charge in [0.1, 0.15) is 0 Å². The van der Waals surface area contributed by atoms with Crippen LogP contribution in [0.4, 0.5) is 5.69 Å². The maximum absolute atomic E-state index is 11.1. The van der Waals surface area contributed by atoms with Crippen LogP contribution in [0.3, 0.4) is 0 Å². The molecule has 6 heteroatoms. The first-order chi connectivity index (χ1) is 6.07. The number of benzene rings is 1. The minimum Gasteiger partial charge on any atom is -0.397 e. The summed E-state index contributed by atoms with van der Waals surface area (Å²) in [6, 6.07) is 3.30. The van der Waals surface area contributed by atoms with Crippen LogP contribution in [0.1, 0.15) is 10.4 Å². The highest BCUT2D eigenvalue weighted by atomic mass is 79.9. The Bertz CT molecular complexity index is 354. The third-order valence-electron chi connectivity index (χ3n) is 1.51. The predicted octanol–water partition coefficient (Wildman–Crippen LogP) is 1.40. The fourth-order valence-electron chi connectivity index (χ4n) is 0.842. The summed E-state index contributed by atoms with van der Waals surface area (Å²) < 4.78 is 1.44. The Hall–Kier alpha value is -0.590. The molecule has 0 bridgehead atoms. The number of halogens is 2. The first-order valence-electron chi connectivity index (χ1n) is 3.32. The molecule has 0 saturated heterocycles. The minimum atomic E-state index is -0.411. The van der Waals surface area contributed by atoms with Gasteiger partial charge in [0, 0.05) is 4.47 Å². The zero-order valence-electron chi connectivity index (χ0n) is 6.47. The monoisotopic (exact) mass is 307 g/mol. The summed E-state index contributed by atoms with van der Waals surface area (Å²) in [6.07, 6.45) is 0. The van der Waals surface area contributed by atoms with Gasteiger partial charge in [-0.05, 0) is 44.0 Å². The van der Waals surface area contributed by atoms with E-state index in [2.05, 4.69) is 31.9 Å². The van der Waals surface area contributed by atoms with E-state index >= 15 is 0 Å². The minimum absolute atomic E-state index is 0.345.